The third-order valence-electron chi connectivity index (χ3n) is 13.0. The highest BCUT2D eigenvalue weighted by Gasteiger charge is 2.58. The van der Waals surface area contributed by atoms with Crippen LogP contribution in [-0.2, 0) is 33.2 Å². The van der Waals surface area contributed by atoms with Gasteiger partial charge in [-0.15, -0.1) is 0 Å². The van der Waals surface area contributed by atoms with Gasteiger partial charge in [0, 0.05) is 38.1 Å². The van der Waals surface area contributed by atoms with E-state index in [0.717, 1.165) is 6.42 Å². The van der Waals surface area contributed by atoms with E-state index in [0.29, 0.717) is 19.5 Å². The second-order valence-corrected chi connectivity index (χ2v) is 18.2. The molecule has 56 heavy (non-hydrogen) atoms. The number of methoxy groups -OCH3 is 1. The van der Waals surface area contributed by atoms with Gasteiger partial charge in [0.25, 0.3) is 0 Å². The highest BCUT2D eigenvalue weighted by Crippen LogP contribution is 2.43. The van der Waals surface area contributed by atoms with E-state index >= 15 is 0 Å². The van der Waals surface area contributed by atoms with E-state index in [1.807, 2.05) is 53.6 Å². The van der Waals surface area contributed by atoms with Crippen molar-refractivity contribution in [3.63, 3.8) is 0 Å². The van der Waals surface area contributed by atoms with Crippen LogP contribution < -0.4 is 10.6 Å². The molecule has 3 heterocycles. The van der Waals surface area contributed by atoms with Crippen molar-refractivity contribution in [3.8, 4) is 0 Å². The molecule has 7 N–H and O–H groups in total. The van der Waals surface area contributed by atoms with Crippen LogP contribution in [0.25, 0.3) is 0 Å². The van der Waals surface area contributed by atoms with Crippen LogP contribution in [0.1, 0.15) is 108 Å². The number of nitrogens with one attached hydrogen (secondary N) is 2. The summed E-state index contributed by atoms with van der Waals surface area (Å²) in [5, 5.41) is 65.8. The summed E-state index contributed by atoms with van der Waals surface area (Å²) in [5.74, 6) is -2.66. The standard InChI is InChI=1S/C41H79N3O12/c1-15-17-42-22-41(50)28(8)53-31(20-39(41,10)51-14)55-33-25(5)35(56-37-32(45)29(44(12)13)18-24(4)52-37)38(9,48)19-23(3)21-43-27(7)34(46)40(11,49)30(16-2)54-36(47)26(33)6/h23-35,37,42-43,45-46,48-50H,15-22H2,1-14H3/t23-,24+,25-,26-,27-,28-,29+,30-,31-,32+,33-,34-,35-,37-,38-,39+,40-,41+/m1/s1. The molecule has 0 aliphatic carbocycles. The highest BCUT2D eigenvalue weighted by molar-refractivity contribution is 5.73. The minimum Gasteiger partial charge on any atom is -0.459 e. The van der Waals surface area contributed by atoms with Crippen LogP contribution in [0.15, 0.2) is 0 Å². The zero-order chi connectivity index (χ0) is 42.6. The van der Waals surface area contributed by atoms with Gasteiger partial charge in [-0.25, -0.2) is 0 Å². The van der Waals surface area contributed by atoms with E-state index in [4.69, 9.17) is 28.4 Å². The van der Waals surface area contributed by atoms with E-state index in [2.05, 4.69) is 10.6 Å². The Morgan fingerprint density at radius 1 is 0.964 bits per heavy atom. The average molecular weight is 806 g/mol. The van der Waals surface area contributed by atoms with Gasteiger partial charge in [0.15, 0.2) is 12.6 Å². The molecule has 3 rings (SSSR count). The minimum absolute atomic E-state index is 0.0939. The molecule has 15 nitrogen and oxygen atoms in total. The molecule has 0 spiro atoms. The first-order valence-corrected chi connectivity index (χ1v) is 20.9. The summed E-state index contributed by atoms with van der Waals surface area (Å²) < 4.78 is 38.3. The summed E-state index contributed by atoms with van der Waals surface area (Å²) in [6.45, 7) is 20.9. The number of esters is 1. The van der Waals surface area contributed by atoms with Crippen molar-refractivity contribution in [2.24, 2.45) is 17.8 Å². The quantitative estimate of drug-likeness (QED) is 0.118. The van der Waals surface area contributed by atoms with E-state index in [-0.39, 0.29) is 43.9 Å². The number of carbonyl (C=O) groups excluding carboxylic acids is 1. The van der Waals surface area contributed by atoms with Crippen LogP contribution in [0.3, 0.4) is 0 Å². The van der Waals surface area contributed by atoms with Crippen LogP contribution in [0, 0.1) is 17.8 Å². The predicted octanol–water partition coefficient (Wildman–Crippen LogP) is 1.93. The summed E-state index contributed by atoms with van der Waals surface area (Å²) in [5.41, 5.74) is -5.95. The number of carbonyl (C=O) groups is 1. The lowest BCUT2D eigenvalue weighted by Crippen LogP contribution is -2.70. The van der Waals surface area contributed by atoms with Gasteiger partial charge in [0.1, 0.15) is 35.1 Å². The normalized spacial score (nSPS) is 47.9. The Labute approximate surface area is 336 Å². The van der Waals surface area contributed by atoms with Crippen molar-refractivity contribution in [1.29, 1.82) is 0 Å². The Morgan fingerprint density at radius 3 is 2.18 bits per heavy atom. The van der Waals surface area contributed by atoms with Crippen molar-refractivity contribution < 1.29 is 58.7 Å². The zero-order valence-corrected chi connectivity index (χ0v) is 36.8. The molecule has 18 atom stereocenters. The van der Waals surface area contributed by atoms with Gasteiger partial charge in [-0.1, -0.05) is 27.7 Å². The number of likely N-dealkylation sites (N-methyl/N-ethyl adjacent to an activating group) is 1. The van der Waals surface area contributed by atoms with Gasteiger partial charge in [-0.05, 0) is 107 Å². The van der Waals surface area contributed by atoms with Crippen molar-refractivity contribution in [3.05, 3.63) is 0 Å². The lowest BCUT2D eigenvalue weighted by atomic mass is 9.75. The van der Waals surface area contributed by atoms with Crippen LogP contribution in [0.5, 0.6) is 0 Å². The maximum Gasteiger partial charge on any atom is 0.311 e. The second-order valence-electron chi connectivity index (χ2n) is 18.2. The van der Waals surface area contributed by atoms with Gasteiger partial charge in [0.05, 0.1) is 35.9 Å². The first-order chi connectivity index (χ1) is 25.9. The second kappa shape index (κ2) is 20.0. The number of rotatable bonds is 11. The van der Waals surface area contributed by atoms with Gasteiger partial charge >= 0.3 is 5.97 Å². The summed E-state index contributed by atoms with van der Waals surface area (Å²) in [4.78, 5) is 16.2. The topological polar surface area (TPSA) is 201 Å². The Morgan fingerprint density at radius 2 is 1.61 bits per heavy atom. The van der Waals surface area contributed by atoms with Crippen LogP contribution in [0.2, 0.25) is 0 Å². The van der Waals surface area contributed by atoms with E-state index in [9.17, 15) is 30.3 Å². The van der Waals surface area contributed by atoms with Gasteiger partial charge < -0.3 is 69.5 Å². The maximum atomic E-state index is 14.3. The number of cyclic esters (lactones) is 1. The molecule has 330 valence electrons. The third-order valence-corrected chi connectivity index (χ3v) is 13.0. The fraction of sp³-hybridized carbons (Fsp3) is 0.976. The smallest absolute Gasteiger partial charge is 0.311 e. The first kappa shape index (κ1) is 49.3. The third kappa shape index (κ3) is 11.0. The average Bonchev–Trinajstić information content (AvgIpc) is 3.12. The molecule has 3 saturated heterocycles. The lowest BCUT2D eigenvalue weighted by Gasteiger charge is -2.53. The monoisotopic (exact) mass is 806 g/mol. The van der Waals surface area contributed by atoms with Crippen LogP contribution in [0.4, 0.5) is 0 Å². The van der Waals surface area contributed by atoms with E-state index in [1.54, 1.807) is 34.6 Å². The molecule has 15 heteroatoms. The Hall–Kier alpha value is -1.05. The molecule has 0 unspecified atom stereocenters. The number of hydrogen-bond donors (Lipinski definition) is 7. The van der Waals surface area contributed by atoms with Gasteiger partial charge in [-0.2, -0.15) is 0 Å². The molecule has 0 saturated carbocycles. The number of ether oxygens (including phenoxy) is 6. The largest absolute Gasteiger partial charge is 0.459 e. The Bertz CT molecular complexity index is 1230. The molecule has 0 bridgehead atoms. The fourth-order valence-electron chi connectivity index (χ4n) is 9.21. The number of nitrogens with zero attached hydrogens (tertiary/aromatic N) is 1. The van der Waals surface area contributed by atoms with Crippen molar-refractivity contribution in [2.75, 3.05) is 40.8 Å². The lowest BCUT2D eigenvalue weighted by molar-refractivity contribution is -0.336. The number of hydrogen-bond acceptors (Lipinski definition) is 15. The molecule has 0 aromatic heterocycles. The molecule has 0 radical (unpaired) electrons. The highest BCUT2D eigenvalue weighted by atomic mass is 16.7. The zero-order valence-electron chi connectivity index (χ0n) is 36.8. The van der Waals surface area contributed by atoms with E-state index < -0.39 is 95.5 Å². The maximum absolute atomic E-state index is 14.3. The van der Waals surface area contributed by atoms with Gasteiger partial charge in [0.2, 0.25) is 0 Å². The van der Waals surface area contributed by atoms with Crippen molar-refractivity contribution in [2.45, 2.75) is 198 Å². The molecule has 3 aliphatic heterocycles. The summed E-state index contributed by atoms with van der Waals surface area (Å²) in [6, 6.07) is -0.877. The minimum atomic E-state index is -1.81. The number of aliphatic hydroxyl groups is 5. The first-order valence-electron chi connectivity index (χ1n) is 20.9. The molecule has 0 aromatic rings. The van der Waals surface area contributed by atoms with Crippen molar-refractivity contribution in [1.82, 2.24) is 15.5 Å². The summed E-state index contributed by atoms with van der Waals surface area (Å²) in [6.07, 6.45) is -6.71. The van der Waals surface area contributed by atoms with E-state index in [1.165, 1.54) is 14.0 Å². The molecular weight excluding hydrogens is 726 g/mol. The molecule has 3 fully saturated rings. The Kier molecular flexibility index (Phi) is 17.6. The molecule has 3 aliphatic rings. The summed E-state index contributed by atoms with van der Waals surface area (Å²) in [7, 11) is 5.31. The molecule has 0 amide bonds. The number of aliphatic hydroxyl groups excluding tert-OH is 2. The molecule has 0 aromatic carbocycles. The predicted molar refractivity (Wildman–Crippen MR) is 212 cm³/mol. The van der Waals surface area contributed by atoms with Gasteiger partial charge in [-0.3, -0.25) is 4.79 Å². The summed E-state index contributed by atoms with van der Waals surface area (Å²) >= 11 is 0. The Balaban J connectivity index is 2.16. The van der Waals surface area contributed by atoms with Crippen LogP contribution >= 0.6 is 0 Å². The van der Waals surface area contributed by atoms with Crippen LogP contribution in [-0.4, -0.2) is 167 Å². The van der Waals surface area contributed by atoms with Crippen molar-refractivity contribution >= 4 is 5.97 Å². The molecular formula is C41H79N3O12. The fourth-order valence-corrected chi connectivity index (χ4v) is 9.21. The SMILES string of the molecule is CCCNC[C@]1(O)[C@@H](C)O[C@H](O[C@@H]2[C@@H](C)[C@@H](O[C@H]3O[C@@H](C)C[C@H](N(C)C)[C@@H]3O)[C@](C)(O)C[C@@H](C)CN[C@H](C)[C@@H](O)[C@](C)(O)[C@@H](CC)OC(=O)[C@@H]2C)C[C@]1(C)OC.